The van der Waals surface area contributed by atoms with Crippen LogP contribution in [0.1, 0.15) is 0 Å². The van der Waals surface area contributed by atoms with Gasteiger partial charge in [-0.1, -0.05) is 28.1 Å². The Balaban J connectivity index is 1.76. The second kappa shape index (κ2) is 6.40. The van der Waals surface area contributed by atoms with Gasteiger partial charge < -0.3 is 9.47 Å². The fourth-order valence-corrected chi connectivity index (χ4v) is 1.67. The van der Waals surface area contributed by atoms with Gasteiger partial charge in [0.1, 0.15) is 19.0 Å². The molecule has 0 saturated heterocycles. The topological polar surface area (TPSA) is 18.5 Å². The van der Waals surface area contributed by atoms with Crippen molar-refractivity contribution in [2.75, 3.05) is 13.2 Å². The summed E-state index contributed by atoms with van der Waals surface area (Å²) in [6.45, 7) is 0.674. The molecule has 0 unspecified atom stereocenters. The van der Waals surface area contributed by atoms with Crippen molar-refractivity contribution in [2.45, 2.75) is 0 Å². The van der Waals surface area contributed by atoms with Crippen LogP contribution in [0.3, 0.4) is 0 Å². The summed E-state index contributed by atoms with van der Waals surface area (Å²) in [5.74, 6) is 0.647. The first-order valence-corrected chi connectivity index (χ1v) is 6.31. The molecular formula is C14H12BrFO2. The second-order valence-corrected chi connectivity index (χ2v) is 4.50. The summed E-state index contributed by atoms with van der Waals surface area (Å²) >= 11 is 3.34. The van der Waals surface area contributed by atoms with E-state index < -0.39 is 0 Å². The molecule has 2 aromatic carbocycles. The van der Waals surface area contributed by atoms with Gasteiger partial charge in [-0.15, -0.1) is 0 Å². The van der Waals surface area contributed by atoms with Crippen LogP contribution in [-0.2, 0) is 0 Å². The highest BCUT2D eigenvalue weighted by Gasteiger charge is 2.01. The van der Waals surface area contributed by atoms with Gasteiger partial charge in [-0.05, 0) is 36.4 Å². The average Bonchev–Trinajstić information content (AvgIpc) is 2.39. The molecule has 18 heavy (non-hydrogen) atoms. The van der Waals surface area contributed by atoms with Crippen LogP contribution in [-0.4, -0.2) is 13.2 Å². The summed E-state index contributed by atoms with van der Waals surface area (Å²) in [4.78, 5) is 0. The highest BCUT2D eigenvalue weighted by Crippen LogP contribution is 2.17. The Bertz CT molecular complexity index is 499. The number of benzene rings is 2. The van der Waals surface area contributed by atoms with Crippen molar-refractivity contribution in [3.05, 3.63) is 58.8 Å². The zero-order valence-electron chi connectivity index (χ0n) is 9.61. The summed E-state index contributed by atoms with van der Waals surface area (Å²) in [6.07, 6.45) is 0. The molecule has 0 aliphatic rings. The number of hydrogen-bond donors (Lipinski definition) is 0. The fraction of sp³-hybridized carbons (Fsp3) is 0.143. The van der Waals surface area contributed by atoms with Crippen LogP contribution < -0.4 is 9.47 Å². The molecule has 0 N–H and O–H groups in total. The first-order chi connectivity index (χ1) is 8.75. The third kappa shape index (κ3) is 3.74. The smallest absolute Gasteiger partial charge is 0.165 e. The predicted molar refractivity (Wildman–Crippen MR) is 71.5 cm³/mol. The molecule has 2 aromatic rings. The lowest BCUT2D eigenvalue weighted by molar-refractivity contribution is 0.211. The Kier molecular flexibility index (Phi) is 4.59. The van der Waals surface area contributed by atoms with Crippen LogP contribution >= 0.6 is 15.9 Å². The van der Waals surface area contributed by atoms with E-state index in [-0.39, 0.29) is 11.6 Å². The number of para-hydroxylation sites is 1. The van der Waals surface area contributed by atoms with Crippen LogP contribution in [0.15, 0.2) is 53.0 Å². The first-order valence-electron chi connectivity index (χ1n) is 5.51. The van der Waals surface area contributed by atoms with Crippen molar-refractivity contribution in [2.24, 2.45) is 0 Å². The highest BCUT2D eigenvalue weighted by molar-refractivity contribution is 9.10. The Morgan fingerprint density at radius 2 is 1.56 bits per heavy atom. The molecule has 2 rings (SSSR count). The molecular weight excluding hydrogens is 299 g/mol. The molecule has 0 fully saturated rings. The lowest BCUT2D eigenvalue weighted by Gasteiger charge is -2.08. The number of hydrogen-bond acceptors (Lipinski definition) is 2. The molecule has 0 atom stereocenters. The van der Waals surface area contributed by atoms with Gasteiger partial charge in [-0.3, -0.25) is 0 Å². The lowest BCUT2D eigenvalue weighted by Crippen LogP contribution is -2.09. The zero-order chi connectivity index (χ0) is 12.8. The molecule has 0 bridgehead atoms. The molecule has 0 heterocycles. The number of halogens is 2. The molecule has 0 saturated carbocycles. The summed E-state index contributed by atoms with van der Waals surface area (Å²) < 4.78 is 24.9. The lowest BCUT2D eigenvalue weighted by atomic mass is 10.3. The van der Waals surface area contributed by atoms with Crippen LogP contribution in [0.5, 0.6) is 11.5 Å². The van der Waals surface area contributed by atoms with Gasteiger partial charge in [0.2, 0.25) is 0 Å². The third-order valence-electron chi connectivity index (χ3n) is 2.26. The van der Waals surface area contributed by atoms with Crippen molar-refractivity contribution in [3.63, 3.8) is 0 Å². The minimum absolute atomic E-state index is 0.247. The van der Waals surface area contributed by atoms with E-state index >= 15 is 0 Å². The van der Waals surface area contributed by atoms with Crippen molar-refractivity contribution in [1.82, 2.24) is 0 Å². The van der Waals surface area contributed by atoms with E-state index in [0.29, 0.717) is 13.2 Å². The molecule has 0 aliphatic carbocycles. The minimum atomic E-state index is -0.360. The maximum atomic E-state index is 13.2. The SMILES string of the molecule is Fc1ccccc1OCCOc1ccc(Br)cc1. The average molecular weight is 311 g/mol. The van der Waals surface area contributed by atoms with Crippen molar-refractivity contribution in [3.8, 4) is 11.5 Å². The fourth-order valence-electron chi connectivity index (χ4n) is 1.40. The van der Waals surface area contributed by atoms with E-state index in [1.54, 1.807) is 18.2 Å². The Morgan fingerprint density at radius 3 is 2.28 bits per heavy atom. The molecule has 94 valence electrons. The Labute approximate surface area is 113 Å². The number of ether oxygens (including phenoxy) is 2. The molecule has 0 radical (unpaired) electrons. The summed E-state index contributed by atoms with van der Waals surface area (Å²) in [7, 11) is 0. The van der Waals surface area contributed by atoms with E-state index in [2.05, 4.69) is 15.9 Å². The third-order valence-corrected chi connectivity index (χ3v) is 2.79. The molecule has 0 aromatic heterocycles. The van der Waals surface area contributed by atoms with Crippen LogP contribution in [0.25, 0.3) is 0 Å². The van der Waals surface area contributed by atoms with Crippen molar-refractivity contribution < 1.29 is 13.9 Å². The van der Waals surface area contributed by atoms with E-state index in [4.69, 9.17) is 9.47 Å². The molecule has 0 spiro atoms. The molecule has 2 nitrogen and oxygen atoms in total. The Morgan fingerprint density at radius 1 is 0.889 bits per heavy atom. The maximum absolute atomic E-state index is 13.2. The van der Waals surface area contributed by atoms with Gasteiger partial charge in [0.05, 0.1) is 0 Å². The van der Waals surface area contributed by atoms with Gasteiger partial charge in [-0.25, -0.2) is 4.39 Å². The van der Waals surface area contributed by atoms with Crippen molar-refractivity contribution >= 4 is 15.9 Å². The maximum Gasteiger partial charge on any atom is 0.165 e. The summed E-state index contributed by atoms with van der Waals surface area (Å²) in [5, 5.41) is 0. The van der Waals surface area contributed by atoms with E-state index in [0.717, 1.165) is 10.2 Å². The normalized spacial score (nSPS) is 10.1. The van der Waals surface area contributed by atoms with E-state index in [1.807, 2.05) is 24.3 Å². The second-order valence-electron chi connectivity index (χ2n) is 3.58. The number of rotatable bonds is 5. The highest BCUT2D eigenvalue weighted by atomic mass is 79.9. The van der Waals surface area contributed by atoms with E-state index in [9.17, 15) is 4.39 Å². The molecule has 4 heteroatoms. The van der Waals surface area contributed by atoms with Gasteiger partial charge in [0.25, 0.3) is 0 Å². The summed E-state index contributed by atoms with van der Waals surface area (Å²) in [6, 6.07) is 13.8. The van der Waals surface area contributed by atoms with Gasteiger partial charge >= 0.3 is 0 Å². The predicted octanol–water partition coefficient (Wildman–Crippen LogP) is 4.05. The Hall–Kier alpha value is -1.55. The van der Waals surface area contributed by atoms with Gasteiger partial charge in [0, 0.05) is 4.47 Å². The first kappa shape index (κ1) is 12.9. The monoisotopic (exact) mass is 310 g/mol. The van der Waals surface area contributed by atoms with Crippen LogP contribution in [0, 0.1) is 5.82 Å². The van der Waals surface area contributed by atoms with Crippen molar-refractivity contribution in [1.29, 1.82) is 0 Å². The molecule has 0 aliphatic heterocycles. The standard InChI is InChI=1S/C14H12BrFO2/c15-11-5-7-12(8-6-11)17-9-10-18-14-4-2-1-3-13(14)16/h1-8H,9-10H2. The van der Waals surface area contributed by atoms with E-state index in [1.165, 1.54) is 6.07 Å². The zero-order valence-corrected chi connectivity index (χ0v) is 11.2. The van der Waals surface area contributed by atoms with Crippen LogP contribution in [0.2, 0.25) is 0 Å². The quantitative estimate of drug-likeness (QED) is 0.776. The largest absolute Gasteiger partial charge is 0.490 e. The minimum Gasteiger partial charge on any atom is -0.490 e. The van der Waals surface area contributed by atoms with Gasteiger partial charge in [0.15, 0.2) is 11.6 Å². The van der Waals surface area contributed by atoms with Crippen LogP contribution in [0.4, 0.5) is 4.39 Å². The summed E-state index contributed by atoms with van der Waals surface area (Å²) in [5.41, 5.74) is 0. The molecule has 0 amide bonds. The van der Waals surface area contributed by atoms with Gasteiger partial charge in [-0.2, -0.15) is 0 Å².